The van der Waals surface area contributed by atoms with E-state index >= 15 is 0 Å². The molecule has 0 aliphatic heterocycles. The Kier molecular flexibility index (Phi) is 5.40. The van der Waals surface area contributed by atoms with E-state index in [2.05, 4.69) is 10.3 Å². The zero-order valence-electron chi connectivity index (χ0n) is 11.2. The van der Waals surface area contributed by atoms with Crippen molar-refractivity contribution in [3.63, 3.8) is 0 Å². The van der Waals surface area contributed by atoms with Gasteiger partial charge in [0.15, 0.2) is 0 Å². The molecule has 112 valence electrons. The summed E-state index contributed by atoms with van der Waals surface area (Å²) in [7, 11) is 0. The van der Waals surface area contributed by atoms with E-state index in [1.54, 1.807) is 11.3 Å². The lowest BCUT2D eigenvalue weighted by atomic mass is 10.3. The molecule has 2 rings (SSSR count). The molecule has 0 aromatic carbocycles. The quantitative estimate of drug-likeness (QED) is 0.722. The van der Waals surface area contributed by atoms with E-state index in [4.69, 9.17) is 9.52 Å². The molecule has 1 unspecified atom stereocenters. The third kappa shape index (κ3) is 4.08. The number of nitrogens with zero attached hydrogens (tertiary/aromatic N) is 1. The van der Waals surface area contributed by atoms with E-state index in [1.807, 2.05) is 24.4 Å². The van der Waals surface area contributed by atoms with Crippen LogP contribution in [0.3, 0.4) is 0 Å². The number of carboxylic acids is 1. The lowest BCUT2D eigenvalue weighted by molar-refractivity contribution is -0.139. The minimum Gasteiger partial charge on any atom is -0.480 e. The maximum atomic E-state index is 10.9. The smallest absolute Gasteiger partial charge is 0.327 e. The van der Waals surface area contributed by atoms with Gasteiger partial charge >= 0.3 is 5.97 Å². The van der Waals surface area contributed by atoms with Gasteiger partial charge in [-0.05, 0) is 18.4 Å². The Hall–Kier alpha value is -1.80. The number of aliphatic carboxylic acids is 1. The summed E-state index contributed by atoms with van der Waals surface area (Å²) in [5.41, 5.74) is 0.790. The number of hydrogen-bond acceptors (Lipinski definition) is 6. The zero-order valence-corrected chi connectivity index (χ0v) is 12.9. The summed E-state index contributed by atoms with van der Waals surface area (Å²) >= 11 is 2.93. The van der Waals surface area contributed by atoms with Gasteiger partial charge in [-0.15, -0.1) is 11.3 Å². The van der Waals surface area contributed by atoms with Crippen LogP contribution in [-0.4, -0.2) is 34.3 Å². The normalized spacial score (nSPS) is 12.0. The summed E-state index contributed by atoms with van der Waals surface area (Å²) in [4.78, 5) is 26.6. The maximum absolute atomic E-state index is 10.9. The van der Waals surface area contributed by atoms with Crippen LogP contribution < -0.4 is 5.32 Å². The standard InChI is InChI=1S/C13H14N2O4S2/c1-8-9(5-20-6-10(13(17)18)14-7-16)15-12(19-8)11-3-2-4-21-11/h2-4,7,10H,5-6H2,1H3,(H,14,16)(H,17,18). The van der Waals surface area contributed by atoms with Crippen molar-refractivity contribution in [2.75, 3.05) is 5.75 Å². The van der Waals surface area contributed by atoms with E-state index in [1.165, 1.54) is 11.8 Å². The molecule has 0 saturated heterocycles. The number of nitrogens with one attached hydrogen (secondary N) is 1. The number of amides is 1. The van der Waals surface area contributed by atoms with Crippen LogP contribution in [0, 0.1) is 6.92 Å². The highest BCUT2D eigenvalue weighted by Crippen LogP contribution is 2.27. The lowest BCUT2D eigenvalue weighted by Gasteiger charge is -2.09. The molecule has 8 heteroatoms. The number of carbonyl (C=O) groups excluding carboxylic acids is 1. The van der Waals surface area contributed by atoms with Gasteiger partial charge in [-0.1, -0.05) is 6.07 Å². The third-order valence-corrected chi connectivity index (χ3v) is 4.62. The van der Waals surface area contributed by atoms with Crippen LogP contribution in [0.25, 0.3) is 10.8 Å². The van der Waals surface area contributed by atoms with Gasteiger partial charge in [-0.2, -0.15) is 11.8 Å². The molecule has 0 bridgehead atoms. The number of carboxylic acid groups (broad SMARTS) is 1. The van der Waals surface area contributed by atoms with E-state index in [0.717, 1.165) is 16.3 Å². The molecule has 0 saturated carbocycles. The highest BCUT2D eigenvalue weighted by Gasteiger charge is 2.17. The number of thioether (sulfide) groups is 1. The summed E-state index contributed by atoms with van der Waals surface area (Å²) < 4.78 is 5.61. The van der Waals surface area contributed by atoms with Crippen molar-refractivity contribution < 1.29 is 19.1 Å². The highest BCUT2D eigenvalue weighted by molar-refractivity contribution is 7.98. The minimum atomic E-state index is -1.05. The molecule has 2 aromatic rings. The third-order valence-electron chi connectivity index (χ3n) is 2.72. The number of aryl methyl sites for hydroxylation is 1. The second-order valence-electron chi connectivity index (χ2n) is 4.19. The Balaban J connectivity index is 1.94. The van der Waals surface area contributed by atoms with Crippen molar-refractivity contribution in [2.45, 2.75) is 18.7 Å². The molecule has 1 atom stereocenters. The monoisotopic (exact) mass is 326 g/mol. The molecule has 21 heavy (non-hydrogen) atoms. The van der Waals surface area contributed by atoms with Crippen LogP contribution in [-0.2, 0) is 15.3 Å². The summed E-state index contributed by atoms with van der Waals surface area (Å²) in [6.45, 7) is 1.83. The molecule has 2 heterocycles. The first kappa shape index (κ1) is 15.6. The molecular formula is C13H14N2O4S2. The van der Waals surface area contributed by atoms with Gasteiger partial charge in [0.05, 0.1) is 10.6 Å². The molecule has 0 spiro atoms. The number of hydrogen-bond donors (Lipinski definition) is 2. The van der Waals surface area contributed by atoms with Crippen molar-refractivity contribution in [1.29, 1.82) is 0 Å². The SMILES string of the molecule is Cc1oc(-c2cccs2)nc1CSCC(NC=O)C(=O)O. The molecule has 0 radical (unpaired) electrons. The molecular weight excluding hydrogens is 312 g/mol. The van der Waals surface area contributed by atoms with Gasteiger partial charge in [0, 0.05) is 11.5 Å². The molecule has 0 aliphatic rings. The highest BCUT2D eigenvalue weighted by atomic mass is 32.2. The molecule has 0 aliphatic carbocycles. The molecule has 2 aromatic heterocycles. The summed E-state index contributed by atoms with van der Waals surface area (Å²) in [6.07, 6.45) is 0.398. The fourth-order valence-electron chi connectivity index (χ4n) is 1.61. The van der Waals surface area contributed by atoms with Crippen molar-refractivity contribution in [2.24, 2.45) is 0 Å². The predicted octanol–water partition coefficient (Wildman–Crippen LogP) is 2.14. The Labute approximate surface area is 129 Å². The summed E-state index contributed by atoms with van der Waals surface area (Å²) in [5, 5.41) is 13.1. The van der Waals surface area contributed by atoms with Crippen LogP contribution >= 0.6 is 23.1 Å². The van der Waals surface area contributed by atoms with Crippen LogP contribution in [0.2, 0.25) is 0 Å². The van der Waals surface area contributed by atoms with Crippen LogP contribution in [0.15, 0.2) is 21.9 Å². The lowest BCUT2D eigenvalue weighted by Crippen LogP contribution is -2.37. The van der Waals surface area contributed by atoms with Gasteiger partial charge in [0.1, 0.15) is 11.8 Å². The number of carbonyl (C=O) groups is 2. The largest absolute Gasteiger partial charge is 0.480 e. The van der Waals surface area contributed by atoms with Gasteiger partial charge < -0.3 is 14.8 Å². The topological polar surface area (TPSA) is 92.4 Å². The first-order valence-corrected chi connectivity index (χ1v) is 8.15. The number of oxazole rings is 1. The Bertz CT molecular complexity index is 610. The van der Waals surface area contributed by atoms with Crippen molar-refractivity contribution in [3.05, 3.63) is 29.0 Å². The number of aromatic nitrogens is 1. The maximum Gasteiger partial charge on any atom is 0.327 e. The Morgan fingerprint density at radius 2 is 2.48 bits per heavy atom. The zero-order chi connectivity index (χ0) is 15.2. The molecule has 2 N–H and O–H groups in total. The van der Waals surface area contributed by atoms with Crippen molar-refractivity contribution in [1.82, 2.24) is 10.3 Å². The molecule has 0 fully saturated rings. The fraction of sp³-hybridized carbons (Fsp3) is 0.308. The molecule has 6 nitrogen and oxygen atoms in total. The molecule has 1 amide bonds. The first-order chi connectivity index (χ1) is 10.1. The number of thiophene rings is 1. The Morgan fingerprint density at radius 3 is 3.10 bits per heavy atom. The first-order valence-electron chi connectivity index (χ1n) is 6.12. The van der Waals surface area contributed by atoms with Gasteiger partial charge in [-0.3, -0.25) is 4.79 Å². The second kappa shape index (κ2) is 7.28. The number of rotatable bonds is 8. The van der Waals surface area contributed by atoms with E-state index in [0.29, 0.717) is 18.1 Å². The van der Waals surface area contributed by atoms with Gasteiger partial charge in [0.25, 0.3) is 0 Å². The van der Waals surface area contributed by atoms with E-state index in [9.17, 15) is 9.59 Å². The predicted molar refractivity (Wildman–Crippen MR) is 81.3 cm³/mol. The Morgan fingerprint density at radius 1 is 1.67 bits per heavy atom. The second-order valence-corrected chi connectivity index (χ2v) is 6.17. The van der Waals surface area contributed by atoms with Crippen molar-refractivity contribution in [3.8, 4) is 10.8 Å². The van der Waals surface area contributed by atoms with Crippen LogP contribution in [0.4, 0.5) is 0 Å². The van der Waals surface area contributed by atoms with Gasteiger partial charge in [-0.25, -0.2) is 9.78 Å². The van der Waals surface area contributed by atoms with Crippen LogP contribution in [0.5, 0.6) is 0 Å². The van der Waals surface area contributed by atoms with Crippen molar-refractivity contribution >= 4 is 35.5 Å². The average molecular weight is 326 g/mol. The van der Waals surface area contributed by atoms with Crippen LogP contribution in [0.1, 0.15) is 11.5 Å². The minimum absolute atomic E-state index is 0.273. The van der Waals surface area contributed by atoms with Gasteiger partial charge in [0.2, 0.25) is 12.3 Å². The van der Waals surface area contributed by atoms with E-state index in [-0.39, 0.29) is 5.75 Å². The summed E-state index contributed by atoms with van der Waals surface area (Å²) in [6, 6.07) is 2.97. The van der Waals surface area contributed by atoms with E-state index < -0.39 is 12.0 Å². The fourth-order valence-corrected chi connectivity index (χ4v) is 3.32. The summed E-state index contributed by atoms with van der Waals surface area (Å²) in [5.74, 6) is 1.06. The average Bonchev–Trinajstić information content (AvgIpc) is 3.07.